The number of nitrogens with one attached hydrogen (secondary N) is 1. The van der Waals surface area contributed by atoms with E-state index >= 15 is 0 Å². The zero-order valence-electron chi connectivity index (χ0n) is 18.9. The van der Waals surface area contributed by atoms with Gasteiger partial charge in [0.1, 0.15) is 11.9 Å². The number of anilines is 2. The molecular weight excluding hydrogens is 410 g/mol. The molecule has 0 saturated carbocycles. The van der Waals surface area contributed by atoms with Crippen molar-refractivity contribution in [2.45, 2.75) is 19.6 Å². The standard InChI is InChI=1S/C24H31N3O5/c1-18(32-17-19-5-4-6-22(15-19)30-3)24(29)26(2)16-23(28)25-20-7-9-21(10-8-20)27-11-13-31-14-12-27/h4-10,15,18H,11-14,16-17H2,1-3H3,(H,25,28). The first-order chi connectivity index (χ1) is 15.5. The zero-order valence-corrected chi connectivity index (χ0v) is 18.9. The molecule has 1 aliphatic heterocycles. The van der Waals surface area contributed by atoms with Gasteiger partial charge in [-0.2, -0.15) is 0 Å². The molecule has 0 aromatic heterocycles. The van der Waals surface area contributed by atoms with Crippen LogP contribution < -0.4 is 15.0 Å². The highest BCUT2D eigenvalue weighted by Crippen LogP contribution is 2.19. The van der Waals surface area contributed by atoms with Crippen molar-refractivity contribution < 1.29 is 23.8 Å². The second-order valence-electron chi connectivity index (χ2n) is 7.69. The summed E-state index contributed by atoms with van der Waals surface area (Å²) in [6.07, 6.45) is -0.674. The number of methoxy groups -OCH3 is 1. The maximum Gasteiger partial charge on any atom is 0.251 e. The highest BCUT2D eigenvalue weighted by Gasteiger charge is 2.20. The summed E-state index contributed by atoms with van der Waals surface area (Å²) in [7, 11) is 3.19. The SMILES string of the molecule is COc1cccc(COC(C)C(=O)N(C)CC(=O)Nc2ccc(N3CCOCC3)cc2)c1. The summed E-state index contributed by atoms with van der Waals surface area (Å²) < 4.78 is 16.3. The van der Waals surface area contributed by atoms with Gasteiger partial charge in [-0.1, -0.05) is 12.1 Å². The Labute approximate surface area is 189 Å². The first-order valence-corrected chi connectivity index (χ1v) is 10.7. The number of hydrogen-bond donors (Lipinski definition) is 1. The van der Waals surface area contributed by atoms with E-state index in [0.29, 0.717) is 5.69 Å². The van der Waals surface area contributed by atoms with Crippen LogP contribution in [0, 0.1) is 0 Å². The molecule has 1 heterocycles. The number of carbonyl (C=O) groups is 2. The monoisotopic (exact) mass is 441 g/mol. The predicted molar refractivity (Wildman–Crippen MR) is 123 cm³/mol. The summed E-state index contributed by atoms with van der Waals surface area (Å²) in [6.45, 7) is 5.06. The smallest absolute Gasteiger partial charge is 0.251 e. The number of carbonyl (C=O) groups excluding carboxylic acids is 2. The molecule has 1 atom stereocenters. The third kappa shape index (κ3) is 6.70. The first-order valence-electron chi connectivity index (χ1n) is 10.7. The zero-order chi connectivity index (χ0) is 22.9. The normalized spacial score (nSPS) is 14.5. The Morgan fingerprint density at radius 3 is 2.56 bits per heavy atom. The van der Waals surface area contributed by atoms with E-state index in [2.05, 4.69) is 10.2 Å². The number of ether oxygens (including phenoxy) is 3. The van der Waals surface area contributed by atoms with Crippen LogP contribution in [0.5, 0.6) is 5.75 Å². The summed E-state index contributed by atoms with van der Waals surface area (Å²) in [4.78, 5) is 28.6. The van der Waals surface area contributed by atoms with Crippen molar-refractivity contribution in [3.8, 4) is 5.75 Å². The Bertz CT molecular complexity index is 897. The van der Waals surface area contributed by atoms with Crippen LogP contribution in [0.3, 0.4) is 0 Å². The Morgan fingerprint density at radius 2 is 1.88 bits per heavy atom. The molecule has 8 nitrogen and oxygen atoms in total. The van der Waals surface area contributed by atoms with Gasteiger partial charge in [-0.05, 0) is 48.9 Å². The lowest BCUT2D eigenvalue weighted by Crippen LogP contribution is -2.40. The fourth-order valence-electron chi connectivity index (χ4n) is 3.44. The Morgan fingerprint density at radius 1 is 1.16 bits per heavy atom. The Kier molecular flexibility index (Phi) is 8.47. The van der Waals surface area contributed by atoms with E-state index in [1.165, 1.54) is 4.90 Å². The van der Waals surface area contributed by atoms with Crippen molar-refractivity contribution in [2.75, 3.05) is 57.2 Å². The molecule has 1 saturated heterocycles. The molecule has 2 aromatic rings. The Balaban J connectivity index is 1.44. The molecule has 1 aliphatic rings. The number of amides is 2. The third-order valence-electron chi connectivity index (χ3n) is 5.27. The van der Waals surface area contributed by atoms with Gasteiger partial charge in [0.05, 0.1) is 33.5 Å². The van der Waals surface area contributed by atoms with Crippen molar-refractivity contribution in [1.82, 2.24) is 4.90 Å². The largest absolute Gasteiger partial charge is 0.497 e. The van der Waals surface area contributed by atoms with Crippen LogP contribution in [0.4, 0.5) is 11.4 Å². The highest BCUT2D eigenvalue weighted by atomic mass is 16.5. The van der Waals surface area contributed by atoms with E-state index in [-0.39, 0.29) is 25.0 Å². The number of nitrogens with zero attached hydrogens (tertiary/aromatic N) is 2. The summed E-state index contributed by atoms with van der Waals surface area (Å²) in [5.74, 6) is 0.211. The minimum Gasteiger partial charge on any atom is -0.497 e. The lowest BCUT2D eigenvalue weighted by molar-refractivity contribution is -0.143. The maximum atomic E-state index is 12.6. The topological polar surface area (TPSA) is 80.3 Å². The number of benzene rings is 2. The number of rotatable bonds is 9. The molecule has 0 aliphatic carbocycles. The van der Waals surface area contributed by atoms with Gasteiger partial charge in [-0.25, -0.2) is 0 Å². The van der Waals surface area contributed by atoms with E-state index < -0.39 is 6.10 Å². The molecule has 3 rings (SSSR count). The van der Waals surface area contributed by atoms with Gasteiger partial charge in [0.2, 0.25) is 5.91 Å². The number of likely N-dealkylation sites (N-methyl/N-ethyl adjacent to an activating group) is 1. The Hall–Kier alpha value is -3.10. The molecular formula is C24H31N3O5. The summed E-state index contributed by atoms with van der Waals surface area (Å²) >= 11 is 0. The van der Waals surface area contributed by atoms with Gasteiger partial charge >= 0.3 is 0 Å². The average molecular weight is 442 g/mol. The van der Waals surface area contributed by atoms with Gasteiger partial charge in [0.25, 0.3) is 5.91 Å². The molecule has 0 radical (unpaired) electrons. The molecule has 0 bridgehead atoms. The van der Waals surface area contributed by atoms with Crippen LogP contribution in [0.15, 0.2) is 48.5 Å². The maximum absolute atomic E-state index is 12.6. The van der Waals surface area contributed by atoms with Gasteiger partial charge < -0.3 is 29.3 Å². The molecule has 2 amide bonds. The number of morpholine rings is 1. The highest BCUT2D eigenvalue weighted by molar-refractivity contribution is 5.95. The minimum atomic E-state index is -0.674. The fourth-order valence-corrected chi connectivity index (χ4v) is 3.44. The van der Waals surface area contributed by atoms with Gasteiger partial charge in [-0.15, -0.1) is 0 Å². The first kappa shape index (κ1) is 23.6. The second-order valence-corrected chi connectivity index (χ2v) is 7.69. The van der Waals surface area contributed by atoms with E-state index in [4.69, 9.17) is 14.2 Å². The van der Waals surface area contributed by atoms with E-state index in [1.54, 1.807) is 21.1 Å². The number of hydrogen-bond acceptors (Lipinski definition) is 6. The molecule has 1 unspecified atom stereocenters. The van der Waals surface area contributed by atoms with Crippen molar-refractivity contribution >= 4 is 23.2 Å². The van der Waals surface area contributed by atoms with Crippen LogP contribution in [0.25, 0.3) is 0 Å². The summed E-state index contributed by atoms with van der Waals surface area (Å²) in [5.41, 5.74) is 2.70. The second kappa shape index (κ2) is 11.5. The lowest BCUT2D eigenvalue weighted by Gasteiger charge is -2.29. The molecule has 32 heavy (non-hydrogen) atoms. The van der Waals surface area contributed by atoms with Crippen LogP contribution in [-0.4, -0.2) is 69.8 Å². The minimum absolute atomic E-state index is 0.0586. The van der Waals surface area contributed by atoms with Gasteiger partial charge in [-0.3, -0.25) is 9.59 Å². The molecule has 8 heteroatoms. The molecule has 2 aromatic carbocycles. The van der Waals surface area contributed by atoms with Crippen molar-refractivity contribution in [3.63, 3.8) is 0 Å². The van der Waals surface area contributed by atoms with Crippen LogP contribution >= 0.6 is 0 Å². The van der Waals surface area contributed by atoms with E-state index in [0.717, 1.165) is 43.3 Å². The molecule has 1 N–H and O–H groups in total. The van der Waals surface area contributed by atoms with Crippen LogP contribution in [-0.2, 0) is 25.7 Å². The average Bonchev–Trinajstić information content (AvgIpc) is 2.83. The summed E-state index contributed by atoms with van der Waals surface area (Å²) in [5, 5.41) is 2.84. The van der Waals surface area contributed by atoms with Crippen molar-refractivity contribution in [2.24, 2.45) is 0 Å². The van der Waals surface area contributed by atoms with Crippen LogP contribution in [0.2, 0.25) is 0 Å². The molecule has 1 fully saturated rings. The molecule has 172 valence electrons. The van der Waals surface area contributed by atoms with Crippen molar-refractivity contribution in [3.05, 3.63) is 54.1 Å². The molecule has 0 spiro atoms. The lowest BCUT2D eigenvalue weighted by atomic mass is 10.2. The van der Waals surface area contributed by atoms with Gasteiger partial charge in [0.15, 0.2) is 0 Å². The van der Waals surface area contributed by atoms with E-state index in [9.17, 15) is 9.59 Å². The predicted octanol–water partition coefficient (Wildman–Crippen LogP) is 2.53. The summed E-state index contributed by atoms with van der Waals surface area (Å²) in [6, 6.07) is 15.2. The van der Waals surface area contributed by atoms with Gasteiger partial charge in [0, 0.05) is 31.5 Å². The quantitative estimate of drug-likeness (QED) is 0.644. The third-order valence-corrected chi connectivity index (χ3v) is 5.27. The van der Waals surface area contributed by atoms with Crippen LogP contribution in [0.1, 0.15) is 12.5 Å². The van der Waals surface area contributed by atoms with E-state index in [1.807, 2.05) is 48.5 Å². The fraction of sp³-hybridized carbons (Fsp3) is 0.417. The van der Waals surface area contributed by atoms with Crippen molar-refractivity contribution in [1.29, 1.82) is 0 Å².